The summed E-state index contributed by atoms with van der Waals surface area (Å²) >= 11 is 1.68. The maximum Gasteiger partial charge on any atom is 0.169 e. The number of aromatic nitrogens is 1. The Kier molecular flexibility index (Phi) is 4.93. The summed E-state index contributed by atoms with van der Waals surface area (Å²) in [6, 6.07) is 3.75. The van der Waals surface area contributed by atoms with Gasteiger partial charge >= 0.3 is 0 Å². The topological polar surface area (TPSA) is 76.3 Å². The summed E-state index contributed by atoms with van der Waals surface area (Å²) < 4.78 is 23.8. The summed E-state index contributed by atoms with van der Waals surface area (Å²) in [6.07, 6.45) is 3.86. The maximum absolute atomic E-state index is 11.9. The third kappa shape index (κ3) is 3.45. The Morgan fingerprint density at radius 3 is 2.85 bits per heavy atom. The van der Waals surface area contributed by atoms with Gasteiger partial charge < -0.3 is 10.6 Å². The van der Waals surface area contributed by atoms with Gasteiger partial charge in [-0.05, 0) is 18.6 Å². The Bertz CT molecular complexity index is 545. The molecule has 7 heteroatoms. The Labute approximate surface area is 124 Å². The zero-order valence-electron chi connectivity index (χ0n) is 11.8. The van der Waals surface area contributed by atoms with E-state index in [0.717, 1.165) is 30.1 Å². The number of nitrogens with two attached hydrogens (primary N) is 1. The highest BCUT2D eigenvalue weighted by Crippen LogP contribution is 2.26. The highest BCUT2D eigenvalue weighted by Gasteiger charge is 2.31. The molecule has 1 fully saturated rings. The lowest BCUT2D eigenvalue weighted by molar-refractivity contribution is 0.584. The molecule has 2 heterocycles. The minimum atomic E-state index is -3.10. The number of hydrogen-bond donors (Lipinski definition) is 1. The van der Waals surface area contributed by atoms with Crippen molar-refractivity contribution in [3.05, 3.63) is 24.0 Å². The van der Waals surface area contributed by atoms with Crippen molar-refractivity contribution >= 4 is 27.3 Å². The predicted molar refractivity (Wildman–Crippen MR) is 84.8 cm³/mol. The standard InChI is InChI=1S/C13H21N3O2S2/c1-3-11(14)12-5-4-10(8-15-12)16-6-7-19-9-13(16)20(2,17)18/h4-5,8,11,13H,3,6-7,9,14H2,1-2H3. The van der Waals surface area contributed by atoms with E-state index in [-0.39, 0.29) is 6.04 Å². The summed E-state index contributed by atoms with van der Waals surface area (Å²) in [5, 5.41) is -0.464. The molecule has 0 aliphatic carbocycles. The molecule has 112 valence electrons. The molecular formula is C13H21N3O2S2. The molecule has 1 aromatic rings. The number of rotatable bonds is 4. The minimum Gasteiger partial charge on any atom is -0.352 e. The van der Waals surface area contributed by atoms with Crippen LogP contribution in [0.4, 0.5) is 5.69 Å². The van der Waals surface area contributed by atoms with Gasteiger partial charge in [0.1, 0.15) is 5.37 Å². The number of anilines is 1. The van der Waals surface area contributed by atoms with E-state index in [1.165, 1.54) is 6.26 Å². The molecule has 2 rings (SSSR count). The third-order valence-corrected chi connectivity index (χ3v) is 6.14. The van der Waals surface area contributed by atoms with Gasteiger partial charge in [0.25, 0.3) is 0 Å². The van der Waals surface area contributed by atoms with E-state index in [2.05, 4.69) is 4.98 Å². The van der Waals surface area contributed by atoms with Crippen molar-refractivity contribution in [2.75, 3.05) is 29.2 Å². The van der Waals surface area contributed by atoms with Crippen molar-refractivity contribution in [2.24, 2.45) is 5.73 Å². The van der Waals surface area contributed by atoms with Crippen LogP contribution in [0.5, 0.6) is 0 Å². The van der Waals surface area contributed by atoms with Crippen LogP contribution in [0, 0.1) is 0 Å². The van der Waals surface area contributed by atoms with Crippen molar-refractivity contribution in [1.29, 1.82) is 0 Å². The van der Waals surface area contributed by atoms with Gasteiger partial charge in [-0.1, -0.05) is 6.92 Å². The molecule has 2 N–H and O–H groups in total. The summed E-state index contributed by atoms with van der Waals surface area (Å²) in [5.41, 5.74) is 7.64. The first-order chi connectivity index (χ1) is 9.43. The van der Waals surface area contributed by atoms with Gasteiger partial charge in [-0.3, -0.25) is 4.98 Å². The number of nitrogens with zero attached hydrogens (tertiary/aromatic N) is 2. The summed E-state index contributed by atoms with van der Waals surface area (Å²) in [4.78, 5) is 6.30. The van der Waals surface area contributed by atoms with Crippen LogP contribution in [0.15, 0.2) is 18.3 Å². The van der Waals surface area contributed by atoms with Crippen LogP contribution >= 0.6 is 11.8 Å². The van der Waals surface area contributed by atoms with Gasteiger partial charge in [0.15, 0.2) is 9.84 Å². The van der Waals surface area contributed by atoms with Crippen LogP contribution in [-0.2, 0) is 9.84 Å². The van der Waals surface area contributed by atoms with Crippen LogP contribution < -0.4 is 10.6 Å². The van der Waals surface area contributed by atoms with Crippen LogP contribution in [0.2, 0.25) is 0 Å². The Morgan fingerprint density at radius 2 is 2.30 bits per heavy atom. The molecule has 0 aromatic carbocycles. The smallest absolute Gasteiger partial charge is 0.169 e. The van der Waals surface area contributed by atoms with Crippen molar-refractivity contribution in [3.8, 4) is 0 Å². The molecule has 1 aliphatic rings. The normalized spacial score (nSPS) is 21.8. The van der Waals surface area contributed by atoms with Crippen LogP contribution in [0.1, 0.15) is 25.1 Å². The molecule has 0 saturated carbocycles. The quantitative estimate of drug-likeness (QED) is 0.905. The van der Waals surface area contributed by atoms with Crippen molar-refractivity contribution in [3.63, 3.8) is 0 Å². The van der Waals surface area contributed by atoms with Crippen molar-refractivity contribution in [1.82, 2.24) is 4.98 Å². The molecule has 20 heavy (non-hydrogen) atoms. The predicted octanol–water partition coefficient (Wildman–Crippen LogP) is 1.42. The number of thioether (sulfide) groups is 1. The molecule has 2 atom stereocenters. The van der Waals surface area contributed by atoms with E-state index < -0.39 is 15.2 Å². The van der Waals surface area contributed by atoms with Gasteiger partial charge in [-0.25, -0.2) is 8.42 Å². The van der Waals surface area contributed by atoms with Gasteiger partial charge in [0.05, 0.1) is 17.6 Å². The molecule has 5 nitrogen and oxygen atoms in total. The van der Waals surface area contributed by atoms with Crippen LogP contribution in [-0.4, -0.2) is 43.1 Å². The van der Waals surface area contributed by atoms with Gasteiger partial charge in [-0.15, -0.1) is 0 Å². The van der Waals surface area contributed by atoms with E-state index in [9.17, 15) is 8.42 Å². The fourth-order valence-electron chi connectivity index (χ4n) is 2.23. The first kappa shape index (κ1) is 15.6. The first-order valence-corrected chi connectivity index (χ1v) is 9.79. The number of hydrogen-bond acceptors (Lipinski definition) is 6. The lowest BCUT2D eigenvalue weighted by Gasteiger charge is -2.35. The molecule has 0 radical (unpaired) electrons. The van der Waals surface area contributed by atoms with E-state index >= 15 is 0 Å². The average molecular weight is 315 g/mol. The molecule has 1 saturated heterocycles. The summed E-state index contributed by atoms with van der Waals surface area (Å²) in [6.45, 7) is 2.74. The molecule has 2 unspecified atom stereocenters. The second-order valence-electron chi connectivity index (χ2n) is 5.01. The Balaban J connectivity index is 2.25. The van der Waals surface area contributed by atoms with Gasteiger partial charge in [-0.2, -0.15) is 11.8 Å². The molecule has 1 aliphatic heterocycles. The number of sulfone groups is 1. The molecule has 0 spiro atoms. The van der Waals surface area contributed by atoms with E-state index in [0.29, 0.717) is 5.75 Å². The lowest BCUT2D eigenvalue weighted by Crippen LogP contribution is -2.47. The average Bonchev–Trinajstić information content (AvgIpc) is 2.46. The van der Waals surface area contributed by atoms with Crippen molar-refractivity contribution in [2.45, 2.75) is 24.8 Å². The van der Waals surface area contributed by atoms with E-state index in [1.807, 2.05) is 24.0 Å². The Morgan fingerprint density at radius 1 is 1.55 bits per heavy atom. The highest BCUT2D eigenvalue weighted by atomic mass is 32.2. The molecule has 1 aromatic heterocycles. The summed E-state index contributed by atoms with van der Waals surface area (Å²) in [7, 11) is -3.10. The second kappa shape index (κ2) is 6.32. The van der Waals surface area contributed by atoms with Crippen LogP contribution in [0.25, 0.3) is 0 Å². The summed E-state index contributed by atoms with van der Waals surface area (Å²) in [5.74, 6) is 1.54. The lowest BCUT2D eigenvalue weighted by atomic mass is 10.1. The molecular weight excluding hydrogens is 294 g/mol. The SMILES string of the molecule is CCC(N)c1ccc(N2CCSCC2S(C)(=O)=O)cn1. The maximum atomic E-state index is 11.9. The zero-order chi connectivity index (χ0) is 14.8. The minimum absolute atomic E-state index is 0.0633. The van der Waals surface area contributed by atoms with E-state index in [1.54, 1.807) is 18.0 Å². The van der Waals surface area contributed by atoms with Crippen molar-refractivity contribution < 1.29 is 8.42 Å². The van der Waals surface area contributed by atoms with Gasteiger partial charge in [0.2, 0.25) is 0 Å². The third-order valence-electron chi connectivity index (χ3n) is 3.50. The van der Waals surface area contributed by atoms with Gasteiger partial charge in [0, 0.05) is 30.3 Å². The zero-order valence-corrected chi connectivity index (χ0v) is 13.5. The van der Waals surface area contributed by atoms with E-state index in [4.69, 9.17) is 5.73 Å². The fourth-order valence-corrected chi connectivity index (χ4v) is 5.07. The highest BCUT2D eigenvalue weighted by molar-refractivity contribution is 8.01. The van der Waals surface area contributed by atoms with Crippen LogP contribution in [0.3, 0.4) is 0 Å². The molecule has 0 amide bonds. The fraction of sp³-hybridized carbons (Fsp3) is 0.615. The first-order valence-electron chi connectivity index (χ1n) is 6.68. The molecule has 0 bridgehead atoms. The Hall–Kier alpha value is -0.790. The second-order valence-corrected chi connectivity index (χ2v) is 8.36. The largest absolute Gasteiger partial charge is 0.352 e. The number of pyridine rings is 1. The monoisotopic (exact) mass is 315 g/mol.